The fourth-order valence-corrected chi connectivity index (χ4v) is 1.99. The Bertz CT molecular complexity index is 336. The molecule has 0 amide bonds. The molecule has 0 bridgehead atoms. The van der Waals surface area contributed by atoms with Crippen LogP contribution < -0.4 is 4.90 Å². The summed E-state index contributed by atoms with van der Waals surface area (Å²) < 4.78 is 0. The van der Waals surface area contributed by atoms with Gasteiger partial charge >= 0.3 is 0 Å². The molecule has 1 unspecified atom stereocenters. The summed E-state index contributed by atoms with van der Waals surface area (Å²) in [5, 5.41) is 0. The number of pyridine rings is 1. The van der Waals surface area contributed by atoms with Crippen LogP contribution in [0.5, 0.6) is 0 Å². The number of aromatic nitrogens is 1. The van der Waals surface area contributed by atoms with Crippen molar-refractivity contribution in [3.05, 3.63) is 23.9 Å². The van der Waals surface area contributed by atoms with Gasteiger partial charge in [-0.3, -0.25) is 0 Å². The Labute approximate surface area is 96.3 Å². The minimum atomic E-state index is 0.486. The third-order valence-electron chi connectivity index (χ3n) is 3.21. The van der Waals surface area contributed by atoms with Gasteiger partial charge in [-0.25, -0.2) is 4.98 Å². The number of hydrogen-bond donors (Lipinski definition) is 0. The normalized spacial score (nSPS) is 17.5. The molecule has 1 fully saturated rings. The second-order valence-electron chi connectivity index (χ2n) is 4.31. The third-order valence-corrected chi connectivity index (χ3v) is 3.48. The van der Waals surface area contributed by atoms with Gasteiger partial charge in [0.15, 0.2) is 0 Å². The van der Waals surface area contributed by atoms with Gasteiger partial charge in [0, 0.05) is 13.1 Å². The smallest absolute Gasteiger partial charge is 0.128 e. The lowest BCUT2D eigenvalue weighted by Gasteiger charge is -2.26. The van der Waals surface area contributed by atoms with Crippen molar-refractivity contribution in [1.29, 1.82) is 0 Å². The molecule has 2 rings (SSSR count). The van der Waals surface area contributed by atoms with Crippen molar-refractivity contribution in [2.75, 3.05) is 11.9 Å². The van der Waals surface area contributed by atoms with E-state index in [0.717, 1.165) is 17.4 Å². The predicted molar refractivity (Wildman–Crippen MR) is 64.4 cm³/mol. The Morgan fingerprint density at radius 1 is 1.53 bits per heavy atom. The average Bonchev–Trinajstić information content (AvgIpc) is 3.11. The molecule has 0 aromatic carbocycles. The first-order valence-corrected chi connectivity index (χ1v) is 6.00. The second kappa shape index (κ2) is 4.40. The number of alkyl halides is 1. The van der Waals surface area contributed by atoms with Crippen molar-refractivity contribution in [1.82, 2.24) is 4.98 Å². The second-order valence-corrected chi connectivity index (χ2v) is 4.58. The first-order valence-electron chi connectivity index (χ1n) is 5.47. The Hall–Kier alpha value is -0.760. The van der Waals surface area contributed by atoms with E-state index in [2.05, 4.69) is 29.9 Å². The first kappa shape index (κ1) is 10.7. The van der Waals surface area contributed by atoms with Crippen molar-refractivity contribution >= 4 is 17.4 Å². The lowest BCUT2D eigenvalue weighted by molar-refractivity contribution is 0.603. The summed E-state index contributed by atoms with van der Waals surface area (Å²) in [6.45, 7) is 2.27. The monoisotopic (exact) mass is 224 g/mol. The van der Waals surface area contributed by atoms with Crippen LogP contribution in [-0.2, 0) is 5.88 Å². The summed E-state index contributed by atoms with van der Waals surface area (Å²) in [6, 6.07) is 6.63. The maximum atomic E-state index is 5.78. The zero-order chi connectivity index (χ0) is 10.8. The van der Waals surface area contributed by atoms with Crippen LogP contribution in [0.2, 0.25) is 0 Å². The number of hydrogen-bond acceptors (Lipinski definition) is 2. The molecule has 1 aliphatic carbocycles. The molecule has 0 spiro atoms. The molecule has 1 saturated carbocycles. The Balaban J connectivity index is 2.12. The van der Waals surface area contributed by atoms with Gasteiger partial charge in [0.1, 0.15) is 5.82 Å². The summed E-state index contributed by atoms with van der Waals surface area (Å²) in [5.41, 5.74) is 0.948. The van der Waals surface area contributed by atoms with E-state index in [-0.39, 0.29) is 0 Å². The molecule has 1 aromatic rings. The Kier molecular flexibility index (Phi) is 3.15. The van der Waals surface area contributed by atoms with E-state index in [9.17, 15) is 0 Å². The van der Waals surface area contributed by atoms with E-state index in [0.29, 0.717) is 11.9 Å². The molecule has 82 valence electrons. The van der Waals surface area contributed by atoms with E-state index in [1.807, 2.05) is 12.1 Å². The molecule has 1 heterocycles. The van der Waals surface area contributed by atoms with E-state index in [1.54, 1.807) is 0 Å². The van der Waals surface area contributed by atoms with Gasteiger partial charge in [0.05, 0.1) is 11.6 Å². The zero-order valence-corrected chi connectivity index (χ0v) is 10.0. The van der Waals surface area contributed by atoms with E-state index in [4.69, 9.17) is 11.6 Å². The van der Waals surface area contributed by atoms with Gasteiger partial charge in [-0.05, 0) is 37.8 Å². The minimum absolute atomic E-state index is 0.486. The molecule has 3 heteroatoms. The number of halogens is 1. The molecule has 0 radical (unpaired) electrons. The average molecular weight is 225 g/mol. The summed E-state index contributed by atoms with van der Waals surface area (Å²) in [4.78, 5) is 6.77. The summed E-state index contributed by atoms with van der Waals surface area (Å²) in [5.74, 6) is 2.38. The van der Waals surface area contributed by atoms with Crippen molar-refractivity contribution in [3.63, 3.8) is 0 Å². The van der Waals surface area contributed by atoms with Crippen molar-refractivity contribution in [2.45, 2.75) is 31.7 Å². The van der Waals surface area contributed by atoms with Crippen molar-refractivity contribution < 1.29 is 0 Å². The van der Waals surface area contributed by atoms with Crippen molar-refractivity contribution in [3.8, 4) is 0 Å². The number of anilines is 1. The molecule has 0 aliphatic heterocycles. The van der Waals surface area contributed by atoms with Crippen molar-refractivity contribution in [2.24, 2.45) is 5.92 Å². The molecular formula is C12H17ClN2. The Morgan fingerprint density at radius 2 is 2.27 bits per heavy atom. The predicted octanol–water partition coefficient (Wildman–Crippen LogP) is 3.06. The zero-order valence-electron chi connectivity index (χ0n) is 9.28. The van der Waals surface area contributed by atoms with Crippen LogP contribution >= 0.6 is 11.6 Å². The first-order chi connectivity index (χ1) is 7.22. The van der Waals surface area contributed by atoms with Gasteiger partial charge in [-0.2, -0.15) is 0 Å². The van der Waals surface area contributed by atoms with Gasteiger partial charge < -0.3 is 4.90 Å². The van der Waals surface area contributed by atoms with Crippen LogP contribution in [0.4, 0.5) is 5.82 Å². The molecular weight excluding hydrogens is 208 g/mol. The lowest BCUT2D eigenvalue weighted by atomic mass is 10.2. The van der Waals surface area contributed by atoms with Crippen LogP contribution in [0, 0.1) is 5.92 Å². The van der Waals surface area contributed by atoms with Crippen LogP contribution in [0.3, 0.4) is 0 Å². The number of nitrogens with zero attached hydrogens (tertiary/aromatic N) is 2. The minimum Gasteiger partial charge on any atom is -0.357 e. The number of rotatable bonds is 4. The van der Waals surface area contributed by atoms with Gasteiger partial charge in [-0.15, -0.1) is 11.6 Å². The fourth-order valence-electron chi connectivity index (χ4n) is 1.84. The standard InChI is InChI=1S/C12H17ClN2/c1-9(10-6-7-10)15(2)12-5-3-4-11(8-13)14-12/h3-5,9-10H,6-8H2,1-2H3. The fraction of sp³-hybridized carbons (Fsp3) is 0.583. The molecule has 1 aromatic heterocycles. The highest BCUT2D eigenvalue weighted by molar-refractivity contribution is 6.16. The van der Waals surface area contributed by atoms with E-state index >= 15 is 0 Å². The third kappa shape index (κ3) is 2.43. The molecule has 0 N–H and O–H groups in total. The maximum absolute atomic E-state index is 5.78. The summed E-state index contributed by atoms with van der Waals surface area (Å²) >= 11 is 5.78. The molecule has 2 nitrogen and oxygen atoms in total. The van der Waals surface area contributed by atoms with E-state index in [1.165, 1.54) is 12.8 Å². The lowest BCUT2D eigenvalue weighted by Crippen LogP contribution is -2.31. The van der Waals surface area contributed by atoms with Gasteiger partial charge in [0.2, 0.25) is 0 Å². The van der Waals surface area contributed by atoms with Crippen LogP contribution in [0.15, 0.2) is 18.2 Å². The molecule has 1 atom stereocenters. The molecule has 1 aliphatic rings. The summed E-state index contributed by atoms with van der Waals surface area (Å²) in [7, 11) is 2.11. The maximum Gasteiger partial charge on any atom is 0.128 e. The topological polar surface area (TPSA) is 16.1 Å². The highest BCUT2D eigenvalue weighted by Gasteiger charge is 2.30. The quantitative estimate of drug-likeness (QED) is 0.731. The Morgan fingerprint density at radius 3 is 2.87 bits per heavy atom. The van der Waals surface area contributed by atoms with E-state index < -0.39 is 0 Å². The van der Waals surface area contributed by atoms with Gasteiger partial charge in [-0.1, -0.05) is 6.07 Å². The van der Waals surface area contributed by atoms with Gasteiger partial charge in [0.25, 0.3) is 0 Å². The van der Waals surface area contributed by atoms with Crippen LogP contribution in [0.1, 0.15) is 25.5 Å². The highest BCUT2D eigenvalue weighted by atomic mass is 35.5. The largest absolute Gasteiger partial charge is 0.357 e. The summed E-state index contributed by atoms with van der Waals surface area (Å²) in [6.07, 6.45) is 2.72. The molecule has 0 saturated heterocycles. The van der Waals surface area contributed by atoms with Crippen LogP contribution in [-0.4, -0.2) is 18.1 Å². The SMILES string of the molecule is CC(C1CC1)N(C)c1cccc(CCl)n1. The highest BCUT2D eigenvalue weighted by Crippen LogP contribution is 2.35. The van der Waals surface area contributed by atoms with Crippen LogP contribution in [0.25, 0.3) is 0 Å². The molecule has 15 heavy (non-hydrogen) atoms.